The summed E-state index contributed by atoms with van der Waals surface area (Å²) in [5.41, 5.74) is 0.436. The number of hydrogen-bond acceptors (Lipinski definition) is 4. The van der Waals surface area contributed by atoms with E-state index in [0.29, 0.717) is 22.9 Å². The molecule has 0 unspecified atom stereocenters. The normalized spacial score (nSPS) is 9.75. The van der Waals surface area contributed by atoms with Crippen molar-refractivity contribution in [2.24, 2.45) is 0 Å². The van der Waals surface area contributed by atoms with E-state index in [2.05, 4.69) is 10.3 Å². The fourth-order valence-corrected chi connectivity index (χ4v) is 2.10. The van der Waals surface area contributed by atoms with Crippen LogP contribution in [0.15, 0.2) is 29.8 Å². The summed E-state index contributed by atoms with van der Waals surface area (Å²) in [6, 6.07) is 7.63. The van der Waals surface area contributed by atoms with Crippen LogP contribution in [0.2, 0.25) is 5.02 Å². The second-order valence-electron chi connectivity index (χ2n) is 3.07. The van der Waals surface area contributed by atoms with Crippen LogP contribution in [-0.4, -0.2) is 4.98 Å². The van der Waals surface area contributed by atoms with Crippen LogP contribution in [0, 0.1) is 11.3 Å². The minimum absolute atomic E-state index is 0.376. The quantitative estimate of drug-likeness (QED) is 0.908. The summed E-state index contributed by atoms with van der Waals surface area (Å²) in [5.74, 6) is 0.550. The first-order chi connectivity index (χ1) is 7.81. The first-order valence-corrected chi connectivity index (χ1v) is 5.88. The molecule has 0 aliphatic rings. The molecule has 0 saturated carbocycles. The molecule has 0 aliphatic heterocycles. The highest BCUT2D eigenvalue weighted by Gasteiger charge is 2.06. The van der Waals surface area contributed by atoms with Crippen LogP contribution < -0.4 is 5.32 Å². The maximum absolute atomic E-state index is 8.81. The average Bonchev–Trinajstić information content (AvgIpc) is 2.81. The third kappa shape index (κ3) is 2.32. The largest absolute Gasteiger partial charge is 0.364 e. The summed E-state index contributed by atoms with van der Waals surface area (Å²) in [4.78, 5) is 5.29. The SMILES string of the molecule is N#Cc1ccnc(NCc2cccs2)c1Cl. The fourth-order valence-electron chi connectivity index (χ4n) is 1.24. The first-order valence-electron chi connectivity index (χ1n) is 4.62. The van der Waals surface area contributed by atoms with E-state index < -0.39 is 0 Å². The Hall–Kier alpha value is -1.57. The average molecular weight is 250 g/mol. The number of rotatable bonds is 3. The molecule has 0 fully saturated rings. The van der Waals surface area contributed by atoms with E-state index in [4.69, 9.17) is 16.9 Å². The van der Waals surface area contributed by atoms with Crippen molar-refractivity contribution in [1.29, 1.82) is 5.26 Å². The van der Waals surface area contributed by atoms with Gasteiger partial charge in [-0.05, 0) is 17.5 Å². The van der Waals surface area contributed by atoms with Gasteiger partial charge in [0.05, 0.1) is 12.1 Å². The molecule has 0 saturated heterocycles. The molecular weight excluding hydrogens is 242 g/mol. The molecule has 0 aromatic carbocycles. The number of thiophene rings is 1. The first kappa shape index (κ1) is 10.9. The molecule has 80 valence electrons. The summed E-state index contributed by atoms with van der Waals surface area (Å²) >= 11 is 7.66. The number of halogens is 1. The molecular formula is C11H8ClN3S. The monoisotopic (exact) mass is 249 g/mol. The molecule has 0 spiro atoms. The summed E-state index contributed by atoms with van der Waals surface area (Å²) in [7, 11) is 0. The van der Waals surface area contributed by atoms with E-state index in [1.807, 2.05) is 23.6 Å². The van der Waals surface area contributed by atoms with Crippen LogP contribution in [-0.2, 0) is 6.54 Å². The van der Waals surface area contributed by atoms with Gasteiger partial charge in [-0.3, -0.25) is 0 Å². The molecule has 2 rings (SSSR count). The van der Waals surface area contributed by atoms with E-state index in [0.717, 1.165) is 0 Å². The molecule has 2 aromatic heterocycles. The van der Waals surface area contributed by atoms with Gasteiger partial charge in [0.1, 0.15) is 16.9 Å². The standard InChI is InChI=1S/C11H8ClN3S/c12-10-8(6-13)3-4-14-11(10)15-7-9-2-1-5-16-9/h1-5H,7H2,(H,14,15). The van der Waals surface area contributed by atoms with E-state index >= 15 is 0 Å². The minimum Gasteiger partial charge on any atom is -0.364 e. The van der Waals surface area contributed by atoms with Crippen LogP contribution in [0.4, 0.5) is 5.82 Å². The molecule has 0 amide bonds. The van der Waals surface area contributed by atoms with Crippen molar-refractivity contribution in [3.8, 4) is 6.07 Å². The van der Waals surface area contributed by atoms with Gasteiger partial charge < -0.3 is 5.32 Å². The molecule has 3 nitrogen and oxygen atoms in total. The zero-order chi connectivity index (χ0) is 11.4. The van der Waals surface area contributed by atoms with E-state index in [1.54, 1.807) is 23.6 Å². The Kier molecular flexibility index (Phi) is 3.40. The lowest BCUT2D eigenvalue weighted by molar-refractivity contribution is 1.14. The van der Waals surface area contributed by atoms with Crippen LogP contribution in [0.1, 0.15) is 10.4 Å². The van der Waals surface area contributed by atoms with Gasteiger partial charge in [0.2, 0.25) is 0 Å². The van der Waals surface area contributed by atoms with Crippen molar-refractivity contribution in [2.45, 2.75) is 6.54 Å². The molecule has 0 atom stereocenters. The molecule has 0 aliphatic carbocycles. The number of aromatic nitrogens is 1. The third-order valence-corrected chi connectivity index (χ3v) is 3.28. The molecule has 2 heterocycles. The Morgan fingerprint density at radius 2 is 2.38 bits per heavy atom. The van der Waals surface area contributed by atoms with Gasteiger partial charge in [0.25, 0.3) is 0 Å². The molecule has 1 N–H and O–H groups in total. The van der Waals surface area contributed by atoms with Gasteiger partial charge in [0.15, 0.2) is 0 Å². The van der Waals surface area contributed by atoms with Gasteiger partial charge in [0, 0.05) is 11.1 Å². The van der Waals surface area contributed by atoms with E-state index in [1.165, 1.54) is 4.88 Å². The lowest BCUT2D eigenvalue weighted by Crippen LogP contribution is -2.01. The van der Waals surface area contributed by atoms with Gasteiger partial charge in [-0.2, -0.15) is 5.26 Å². The molecule has 0 bridgehead atoms. The highest BCUT2D eigenvalue weighted by Crippen LogP contribution is 2.23. The molecule has 5 heteroatoms. The van der Waals surface area contributed by atoms with Gasteiger partial charge >= 0.3 is 0 Å². The number of hydrogen-bond donors (Lipinski definition) is 1. The number of nitrogens with one attached hydrogen (secondary N) is 1. The summed E-state index contributed by atoms with van der Waals surface area (Å²) in [6.07, 6.45) is 1.57. The van der Waals surface area contributed by atoms with Crippen LogP contribution in [0.3, 0.4) is 0 Å². The van der Waals surface area contributed by atoms with Crippen LogP contribution >= 0.6 is 22.9 Å². The van der Waals surface area contributed by atoms with Crippen molar-refractivity contribution in [1.82, 2.24) is 4.98 Å². The minimum atomic E-state index is 0.376. The van der Waals surface area contributed by atoms with Crippen molar-refractivity contribution >= 4 is 28.8 Å². The van der Waals surface area contributed by atoms with Crippen molar-refractivity contribution in [2.75, 3.05) is 5.32 Å². The number of nitrogens with zero attached hydrogens (tertiary/aromatic N) is 2. The number of pyridine rings is 1. The lowest BCUT2D eigenvalue weighted by Gasteiger charge is -2.06. The zero-order valence-electron chi connectivity index (χ0n) is 8.27. The fraction of sp³-hybridized carbons (Fsp3) is 0.0909. The maximum Gasteiger partial charge on any atom is 0.146 e. The van der Waals surface area contributed by atoms with Gasteiger partial charge in [-0.25, -0.2) is 4.98 Å². The second kappa shape index (κ2) is 4.97. The van der Waals surface area contributed by atoms with E-state index in [9.17, 15) is 0 Å². The Bertz CT molecular complexity index is 517. The predicted molar refractivity (Wildman–Crippen MR) is 65.6 cm³/mol. The molecule has 0 radical (unpaired) electrons. The number of anilines is 1. The van der Waals surface area contributed by atoms with Crippen molar-refractivity contribution in [3.63, 3.8) is 0 Å². The van der Waals surface area contributed by atoms with Crippen molar-refractivity contribution < 1.29 is 0 Å². The van der Waals surface area contributed by atoms with Gasteiger partial charge in [-0.1, -0.05) is 17.7 Å². The molecule has 2 aromatic rings. The number of nitriles is 1. The smallest absolute Gasteiger partial charge is 0.146 e. The van der Waals surface area contributed by atoms with Crippen molar-refractivity contribution in [3.05, 3.63) is 45.2 Å². The maximum atomic E-state index is 8.81. The van der Waals surface area contributed by atoms with Crippen LogP contribution in [0.5, 0.6) is 0 Å². The lowest BCUT2D eigenvalue weighted by atomic mass is 10.3. The van der Waals surface area contributed by atoms with E-state index in [-0.39, 0.29) is 0 Å². The Morgan fingerprint density at radius 3 is 3.06 bits per heavy atom. The Labute approximate surface area is 102 Å². The highest BCUT2D eigenvalue weighted by atomic mass is 35.5. The summed E-state index contributed by atoms with van der Waals surface area (Å²) in [5, 5.41) is 14.3. The predicted octanol–water partition coefficient (Wildman–Crippen LogP) is 3.28. The summed E-state index contributed by atoms with van der Waals surface area (Å²) in [6.45, 7) is 0.666. The second-order valence-corrected chi connectivity index (χ2v) is 4.48. The zero-order valence-corrected chi connectivity index (χ0v) is 9.85. The van der Waals surface area contributed by atoms with Gasteiger partial charge in [-0.15, -0.1) is 11.3 Å². The summed E-state index contributed by atoms with van der Waals surface area (Å²) < 4.78 is 0. The molecule has 16 heavy (non-hydrogen) atoms. The Balaban J connectivity index is 2.13. The highest BCUT2D eigenvalue weighted by molar-refractivity contribution is 7.09. The Morgan fingerprint density at radius 1 is 1.50 bits per heavy atom. The third-order valence-electron chi connectivity index (χ3n) is 2.02. The van der Waals surface area contributed by atoms with Crippen LogP contribution in [0.25, 0.3) is 0 Å². The topological polar surface area (TPSA) is 48.7 Å².